The zero-order valence-electron chi connectivity index (χ0n) is 26.6. The summed E-state index contributed by atoms with van der Waals surface area (Å²) in [6, 6.07) is 0. The van der Waals surface area contributed by atoms with Gasteiger partial charge in [-0.2, -0.15) is 0 Å². The van der Waals surface area contributed by atoms with Crippen molar-refractivity contribution in [2.75, 3.05) is 6.61 Å². The predicted molar refractivity (Wildman–Crippen MR) is 155 cm³/mol. The molecule has 0 aromatic carbocycles. The van der Waals surface area contributed by atoms with Crippen molar-refractivity contribution in [1.82, 2.24) is 0 Å². The average Bonchev–Trinajstić information content (AvgIpc) is 3.18. The largest absolute Gasteiger partial charge is 0.512 e. The van der Waals surface area contributed by atoms with E-state index in [-0.39, 0.29) is 24.8 Å². The first-order valence-electron chi connectivity index (χ1n) is 16.0. The van der Waals surface area contributed by atoms with Gasteiger partial charge in [0.25, 0.3) is 0 Å². The smallest absolute Gasteiger partial charge is 0.390 e. The first-order valence-corrected chi connectivity index (χ1v) is 16.0. The number of fused-ring (bicyclic) bond motifs is 5. The van der Waals surface area contributed by atoms with Crippen molar-refractivity contribution in [3.63, 3.8) is 0 Å². The molecule has 0 saturated heterocycles. The second-order valence-corrected chi connectivity index (χ2v) is 13.6. The van der Waals surface area contributed by atoms with E-state index in [4.69, 9.17) is 14.2 Å². The normalized spacial score (nSPS) is 38.9. The van der Waals surface area contributed by atoms with Crippen molar-refractivity contribution in [3.8, 4) is 0 Å². The molecule has 12 heteroatoms. The number of hydrogen-bond acceptors (Lipinski definition) is 10. The monoisotopic (exact) mass is 640 g/mol. The van der Waals surface area contributed by atoms with Gasteiger partial charge in [-0.05, 0) is 68.6 Å². The average molecular weight is 641 g/mol. The lowest BCUT2D eigenvalue weighted by molar-refractivity contribution is -0.482. The van der Waals surface area contributed by atoms with Gasteiger partial charge in [0.1, 0.15) is 18.4 Å². The van der Waals surface area contributed by atoms with Gasteiger partial charge in [-0.3, -0.25) is 29.0 Å². The van der Waals surface area contributed by atoms with Crippen molar-refractivity contribution in [2.45, 2.75) is 122 Å². The third kappa shape index (κ3) is 5.49. The fraction of sp³-hybridized carbons (Fsp3) is 0.758. The minimum atomic E-state index is -3.40. The molecule has 252 valence electrons. The van der Waals surface area contributed by atoms with Crippen LogP contribution in [-0.2, 0) is 33.4 Å². The number of ether oxygens (including phenoxy) is 3. The molecule has 9 atom stereocenters. The standard InChI is InChI=1S/C33H46F2O10/c1-6-8-10-27(40)43-33(42,44-28(41)11-9-7-2)45-32(26(39)18-36)19(3)14-21-22-16-24(34)23-15-20(37)12-13-29(23,4)31(22,35)25(38)17-30(21,32)5/h12-13,15,19,21-22,24-25,36,38,42H,6-11,14,16-18H2,1-5H3/t19-,21+,22+,24+,25+,29+,30+,31+,32+/m1/s1. The van der Waals surface area contributed by atoms with Crippen LogP contribution >= 0.6 is 0 Å². The van der Waals surface area contributed by atoms with E-state index in [2.05, 4.69) is 0 Å². The molecular weight excluding hydrogens is 594 g/mol. The maximum absolute atomic E-state index is 17.6. The lowest BCUT2D eigenvalue weighted by atomic mass is 9.44. The quantitative estimate of drug-likeness (QED) is 0.211. The Labute approximate surface area is 262 Å². The van der Waals surface area contributed by atoms with Crippen LogP contribution in [0.3, 0.4) is 0 Å². The van der Waals surface area contributed by atoms with Crippen LogP contribution in [0.4, 0.5) is 8.78 Å². The molecule has 10 nitrogen and oxygen atoms in total. The molecular formula is C33H46F2O10. The maximum Gasteiger partial charge on any atom is 0.512 e. The van der Waals surface area contributed by atoms with E-state index < -0.39 is 101 Å². The highest BCUT2D eigenvalue weighted by Gasteiger charge is 2.78. The minimum absolute atomic E-state index is 0.0272. The number of unbranched alkanes of at least 4 members (excludes halogenated alkanes) is 2. The predicted octanol–water partition coefficient (Wildman–Crippen LogP) is 3.94. The summed E-state index contributed by atoms with van der Waals surface area (Å²) >= 11 is 0. The Bertz CT molecular complexity index is 1240. The van der Waals surface area contributed by atoms with Crippen molar-refractivity contribution in [2.24, 2.45) is 28.6 Å². The van der Waals surface area contributed by atoms with Crippen molar-refractivity contribution >= 4 is 23.5 Å². The second-order valence-electron chi connectivity index (χ2n) is 13.6. The molecule has 3 saturated carbocycles. The molecule has 3 N–H and O–H groups in total. The molecule has 0 amide bonds. The molecule has 3 fully saturated rings. The van der Waals surface area contributed by atoms with Crippen LogP contribution in [0, 0.1) is 28.6 Å². The molecule has 45 heavy (non-hydrogen) atoms. The molecule has 0 aliphatic heterocycles. The first kappa shape index (κ1) is 35.3. The van der Waals surface area contributed by atoms with Gasteiger partial charge in [-0.15, -0.1) is 0 Å². The number of aliphatic hydroxyl groups is 3. The SMILES string of the molecule is CCCCC(=O)OC(O)(OC(=O)CCCC)O[C@]1(C(=O)CO)[C@H](C)C[C@H]2[C@@H]3C[C@H](F)C4=CC(=O)C=C[C@]4(C)[C@@]3(F)[C@@H](O)C[C@@]21C. The van der Waals surface area contributed by atoms with Crippen LogP contribution in [0.1, 0.15) is 92.4 Å². The van der Waals surface area contributed by atoms with E-state index in [0.29, 0.717) is 25.7 Å². The summed E-state index contributed by atoms with van der Waals surface area (Å²) in [7, 11) is 0. The number of esters is 2. The second kappa shape index (κ2) is 12.6. The van der Waals surface area contributed by atoms with E-state index in [9.17, 15) is 34.5 Å². The molecule has 4 rings (SSSR count). The van der Waals surface area contributed by atoms with Gasteiger partial charge in [-0.1, -0.05) is 46.6 Å². The van der Waals surface area contributed by atoms with E-state index >= 15 is 8.78 Å². The Balaban J connectivity index is 1.82. The number of hydrogen-bond donors (Lipinski definition) is 3. The van der Waals surface area contributed by atoms with Gasteiger partial charge < -0.3 is 19.7 Å². The van der Waals surface area contributed by atoms with Crippen molar-refractivity contribution in [3.05, 3.63) is 23.8 Å². The number of ketones is 2. The third-order valence-corrected chi connectivity index (χ3v) is 11.0. The van der Waals surface area contributed by atoms with E-state index in [1.807, 2.05) is 13.8 Å². The molecule has 0 spiro atoms. The summed E-state index contributed by atoms with van der Waals surface area (Å²) in [5.41, 5.74) is -8.07. The Kier molecular flexibility index (Phi) is 9.87. The zero-order valence-corrected chi connectivity index (χ0v) is 26.6. The zero-order chi connectivity index (χ0) is 33.6. The highest BCUT2D eigenvalue weighted by molar-refractivity contribution is 6.01. The summed E-state index contributed by atoms with van der Waals surface area (Å²) in [4.78, 5) is 51.5. The molecule has 0 heterocycles. The van der Waals surface area contributed by atoms with Crippen LogP contribution < -0.4 is 0 Å². The molecule has 0 aromatic rings. The van der Waals surface area contributed by atoms with Crippen LogP contribution in [0.5, 0.6) is 0 Å². The van der Waals surface area contributed by atoms with Gasteiger partial charge >= 0.3 is 18.1 Å². The number of aliphatic hydroxyl groups excluding tert-OH is 2. The topological polar surface area (TPSA) is 157 Å². The van der Waals surface area contributed by atoms with Gasteiger partial charge in [0, 0.05) is 29.6 Å². The molecule has 0 radical (unpaired) electrons. The van der Waals surface area contributed by atoms with Crippen LogP contribution in [0.15, 0.2) is 23.8 Å². The summed E-state index contributed by atoms with van der Waals surface area (Å²) < 4.78 is 49.9. The van der Waals surface area contributed by atoms with Gasteiger partial charge in [0.15, 0.2) is 17.2 Å². The molecule has 0 aromatic heterocycles. The molecule has 0 unspecified atom stereocenters. The Morgan fingerprint density at radius 2 is 1.62 bits per heavy atom. The fourth-order valence-electron chi connectivity index (χ4n) is 8.81. The number of alkyl halides is 2. The van der Waals surface area contributed by atoms with E-state index in [1.54, 1.807) is 6.92 Å². The maximum atomic E-state index is 17.6. The number of carbonyl (C=O) groups excluding carboxylic acids is 4. The highest BCUT2D eigenvalue weighted by atomic mass is 19.1. The number of allylic oxidation sites excluding steroid dienone is 4. The Morgan fingerprint density at radius 1 is 1.04 bits per heavy atom. The van der Waals surface area contributed by atoms with Crippen LogP contribution in [-0.4, -0.2) is 75.1 Å². The van der Waals surface area contributed by atoms with Crippen molar-refractivity contribution in [1.29, 1.82) is 0 Å². The third-order valence-electron chi connectivity index (χ3n) is 11.0. The number of halogens is 2. The number of rotatable bonds is 12. The van der Waals surface area contributed by atoms with Gasteiger partial charge in [0.05, 0.1) is 6.10 Å². The summed E-state index contributed by atoms with van der Waals surface area (Å²) in [5, 5.41) is 33.5. The van der Waals surface area contributed by atoms with E-state index in [1.165, 1.54) is 19.9 Å². The summed E-state index contributed by atoms with van der Waals surface area (Å²) in [5.74, 6) is -6.42. The highest BCUT2D eigenvalue weighted by Crippen LogP contribution is 2.72. The summed E-state index contributed by atoms with van der Waals surface area (Å²) in [6.45, 7) is 7.06. The Hall–Kier alpha value is -2.54. The lowest BCUT2D eigenvalue weighted by Crippen LogP contribution is -2.72. The van der Waals surface area contributed by atoms with Crippen molar-refractivity contribution < 1.29 is 57.5 Å². The minimum Gasteiger partial charge on any atom is -0.390 e. The number of Topliss-reactive ketones (excluding diaryl/α,β-unsaturated/α-hetero) is 1. The van der Waals surface area contributed by atoms with Gasteiger partial charge in [-0.25, -0.2) is 8.78 Å². The Morgan fingerprint density at radius 3 is 2.16 bits per heavy atom. The molecule has 4 aliphatic rings. The van der Waals surface area contributed by atoms with Crippen LogP contribution in [0.25, 0.3) is 0 Å². The van der Waals surface area contributed by atoms with E-state index in [0.717, 1.165) is 12.2 Å². The molecule has 4 aliphatic carbocycles. The first-order chi connectivity index (χ1) is 21.0. The number of carbonyl (C=O) groups is 4. The van der Waals surface area contributed by atoms with Gasteiger partial charge in [0.2, 0.25) is 0 Å². The molecule has 0 bridgehead atoms. The fourth-order valence-corrected chi connectivity index (χ4v) is 8.81. The lowest BCUT2D eigenvalue weighted by Gasteiger charge is -2.63. The van der Waals surface area contributed by atoms with Crippen LogP contribution in [0.2, 0.25) is 0 Å². The summed E-state index contributed by atoms with van der Waals surface area (Å²) in [6.07, 6.45) is -2.64.